The van der Waals surface area contributed by atoms with Crippen molar-refractivity contribution in [3.05, 3.63) is 0 Å². The van der Waals surface area contributed by atoms with Crippen molar-refractivity contribution in [2.24, 2.45) is 0 Å². The lowest BCUT2D eigenvalue weighted by Gasteiger charge is -2.05. The third kappa shape index (κ3) is 2.45. The van der Waals surface area contributed by atoms with E-state index in [1.165, 1.54) is 0 Å². The first-order chi connectivity index (χ1) is 4.29. The van der Waals surface area contributed by atoms with Crippen LogP contribution in [0.2, 0.25) is 0 Å². The summed E-state index contributed by atoms with van der Waals surface area (Å²) in [5.41, 5.74) is 0. The molecule has 1 fully saturated rings. The predicted octanol–water partition coefficient (Wildman–Crippen LogP) is 0.117. The van der Waals surface area contributed by atoms with Gasteiger partial charge in [0.2, 0.25) is 0 Å². The fraction of sp³-hybridized carbons (Fsp3) is 1.00. The van der Waals surface area contributed by atoms with Crippen LogP contribution >= 0.6 is 0 Å². The SMILES string of the molecule is CC1CS(=O)CCCN1. The average Bonchev–Trinajstić information content (AvgIpc) is 1.93. The van der Waals surface area contributed by atoms with Gasteiger partial charge in [-0.05, 0) is 19.9 Å². The molecule has 0 aromatic heterocycles. The fourth-order valence-corrected chi connectivity index (χ4v) is 2.31. The highest BCUT2D eigenvalue weighted by molar-refractivity contribution is 7.85. The van der Waals surface area contributed by atoms with Gasteiger partial charge < -0.3 is 5.32 Å². The molecule has 1 aliphatic heterocycles. The molecule has 0 amide bonds. The van der Waals surface area contributed by atoms with E-state index < -0.39 is 10.8 Å². The molecule has 0 aromatic carbocycles. The van der Waals surface area contributed by atoms with E-state index in [-0.39, 0.29) is 0 Å². The Balaban J connectivity index is 2.37. The Hall–Kier alpha value is 0.110. The van der Waals surface area contributed by atoms with Gasteiger partial charge in [-0.2, -0.15) is 0 Å². The molecule has 54 valence electrons. The largest absolute Gasteiger partial charge is 0.313 e. The lowest BCUT2D eigenvalue weighted by atomic mass is 10.4. The zero-order chi connectivity index (χ0) is 6.69. The first-order valence-corrected chi connectivity index (χ1v) is 4.86. The monoisotopic (exact) mass is 147 g/mol. The Bertz CT molecular complexity index is 116. The van der Waals surface area contributed by atoms with E-state index in [2.05, 4.69) is 12.2 Å². The highest BCUT2D eigenvalue weighted by atomic mass is 32.2. The maximum absolute atomic E-state index is 11.0. The number of rotatable bonds is 0. The molecule has 0 bridgehead atoms. The van der Waals surface area contributed by atoms with Crippen LogP contribution in [-0.2, 0) is 10.8 Å². The molecule has 0 aromatic rings. The highest BCUT2D eigenvalue weighted by Crippen LogP contribution is 1.96. The van der Waals surface area contributed by atoms with Gasteiger partial charge in [-0.1, -0.05) is 0 Å². The van der Waals surface area contributed by atoms with Crippen molar-refractivity contribution in [3.8, 4) is 0 Å². The van der Waals surface area contributed by atoms with E-state index in [0.29, 0.717) is 6.04 Å². The first-order valence-electron chi connectivity index (χ1n) is 3.37. The van der Waals surface area contributed by atoms with Gasteiger partial charge in [0.25, 0.3) is 0 Å². The molecule has 9 heavy (non-hydrogen) atoms. The molecule has 2 nitrogen and oxygen atoms in total. The van der Waals surface area contributed by atoms with Crippen LogP contribution in [0.1, 0.15) is 13.3 Å². The smallest absolute Gasteiger partial charge is 0.0386 e. The van der Waals surface area contributed by atoms with Crippen molar-refractivity contribution in [2.45, 2.75) is 19.4 Å². The van der Waals surface area contributed by atoms with E-state index in [4.69, 9.17) is 0 Å². The third-order valence-electron chi connectivity index (χ3n) is 1.48. The second-order valence-electron chi connectivity index (χ2n) is 2.52. The molecular weight excluding hydrogens is 134 g/mol. The summed E-state index contributed by atoms with van der Waals surface area (Å²) >= 11 is 0. The van der Waals surface area contributed by atoms with Crippen molar-refractivity contribution in [1.82, 2.24) is 5.32 Å². The summed E-state index contributed by atoms with van der Waals surface area (Å²) in [6.07, 6.45) is 1.07. The molecular formula is C6H13NOS. The Kier molecular flexibility index (Phi) is 2.66. The minimum atomic E-state index is -0.550. The van der Waals surface area contributed by atoms with E-state index >= 15 is 0 Å². The predicted molar refractivity (Wildman–Crippen MR) is 40.0 cm³/mol. The quantitative estimate of drug-likeness (QED) is 0.527. The van der Waals surface area contributed by atoms with Gasteiger partial charge in [-0.15, -0.1) is 0 Å². The molecule has 2 unspecified atom stereocenters. The molecule has 1 rings (SSSR count). The van der Waals surface area contributed by atoms with Gasteiger partial charge in [0.15, 0.2) is 0 Å². The second kappa shape index (κ2) is 3.32. The molecule has 0 aliphatic carbocycles. The van der Waals surface area contributed by atoms with Gasteiger partial charge in [0, 0.05) is 28.3 Å². The van der Waals surface area contributed by atoms with Crippen LogP contribution in [0.5, 0.6) is 0 Å². The summed E-state index contributed by atoms with van der Waals surface area (Å²) in [6.45, 7) is 3.12. The van der Waals surface area contributed by atoms with Crippen LogP contribution in [0.4, 0.5) is 0 Å². The maximum atomic E-state index is 11.0. The summed E-state index contributed by atoms with van der Waals surface area (Å²) in [5, 5.41) is 3.28. The second-order valence-corrected chi connectivity index (χ2v) is 4.14. The highest BCUT2D eigenvalue weighted by Gasteiger charge is 2.10. The number of hydrogen-bond acceptors (Lipinski definition) is 2. The minimum absolute atomic E-state index is 0.452. The Morgan fingerprint density at radius 3 is 3.22 bits per heavy atom. The van der Waals surface area contributed by atoms with Crippen LogP contribution < -0.4 is 5.32 Å². The van der Waals surface area contributed by atoms with Crippen molar-refractivity contribution < 1.29 is 4.21 Å². The zero-order valence-electron chi connectivity index (χ0n) is 5.72. The summed E-state index contributed by atoms with van der Waals surface area (Å²) in [4.78, 5) is 0. The van der Waals surface area contributed by atoms with Crippen molar-refractivity contribution in [3.63, 3.8) is 0 Å². The third-order valence-corrected chi connectivity index (χ3v) is 3.09. The van der Waals surface area contributed by atoms with Crippen molar-refractivity contribution >= 4 is 10.8 Å². The molecule has 1 aliphatic rings. The molecule has 0 saturated carbocycles. The van der Waals surface area contributed by atoms with Gasteiger partial charge in [0.05, 0.1) is 0 Å². The van der Waals surface area contributed by atoms with Crippen LogP contribution in [0, 0.1) is 0 Å². The molecule has 3 heteroatoms. The minimum Gasteiger partial charge on any atom is -0.313 e. The summed E-state index contributed by atoms with van der Waals surface area (Å²) in [7, 11) is -0.550. The molecule has 2 atom stereocenters. The molecule has 0 spiro atoms. The lowest BCUT2D eigenvalue weighted by Crippen LogP contribution is -2.28. The van der Waals surface area contributed by atoms with Gasteiger partial charge in [-0.3, -0.25) is 4.21 Å². The Morgan fingerprint density at radius 1 is 1.67 bits per heavy atom. The van der Waals surface area contributed by atoms with E-state index in [1.54, 1.807) is 0 Å². The van der Waals surface area contributed by atoms with Gasteiger partial charge in [-0.25, -0.2) is 0 Å². The van der Waals surface area contributed by atoms with Crippen LogP contribution in [0.3, 0.4) is 0 Å². The van der Waals surface area contributed by atoms with E-state index in [1.807, 2.05) is 0 Å². The maximum Gasteiger partial charge on any atom is 0.0386 e. The summed E-state index contributed by atoms with van der Waals surface area (Å²) < 4.78 is 11.0. The Labute approximate surface area is 58.5 Å². The zero-order valence-corrected chi connectivity index (χ0v) is 6.54. The normalized spacial score (nSPS) is 37.9. The summed E-state index contributed by atoms with van der Waals surface area (Å²) in [5.74, 6) is 1.72. The van der Waals surface area contributed by atoms with Gasteiger partial charge in [0.1, 0.15) is 0 Å². The van der Waals surface area contributed by atoms with E-state index in [0.717, 1.165) is 24.5 Å². The summed E-state index contributed by atoms with van der Waals surface area (Å²) in [6, 6.07) is 0.452. The number of hydrogen-bond donors (Lipinski definition) is 1. The van der Waals surface area contributed by atoms with Crippen molar-refractivity contribution in [1.29, 1.82) is 0 Å². The number of nitrogens with one attached hydrogen (secondary N) is 1. The molecule has 1 heterocycles. The Morgan fingerprint density at radius 2 is 2.44 bits per heavy atom. The van der Waals surface area contributed by atoms with Crippen LogP contribution in [0.15, 0.2) is 0 Å². The topological polar surface area (TPSA) is 29.1 Å². The van der Waals surface area contributed by atoms with Crippen molar-refractivity contribution in [2.75, 3.05) is 18.1 Å². The van der Waals surface area contributed by atoms with Crippen LogP contribution in [-0.4, -0.2) is 28.3 Å². The standard InChI is InChI=1S/C6H13NOS/c1-6-5-9(8)4-2-3-7-6/h6-7H,2-5H2,1H3. The molecule has 1 N–H and O–H groups in total. The van der Waals surface area contributed by atoms with E-state index in [9.17, 15) is 4.21 Å². The molecule has 0 radical (unpaired) electrons. The fourth-order valence-electron chi connectivity index (χ4n) is 1.00. The molecule has 1 saturated heterocycles. The van der Waals surface area contributed by atoms with Crippen LogP contribution in [0.25, 0.3) is 0 Å². The van der Waals surface area contributed by atoms with Gasteiger partial charge >= 0.3 is 0 Å². The first kappa shape index (κ1) is 7.22. The lowest BCUT2D eigenvalue weighted by molar-refractivity contribution is 0.600. The average molecular weight is 147 g/mol.